The second-order valence-corrected chi connectivity index (χ2v) is 3.46. The number of carbonyl (C=O) groups excluding carboxylic acids is 1. The first-order chi connectivity index (χ1) is 8.38. The van der Waals surface area contributed by atoms with E-state index in [1.54, 1.807) is 12.1 Å². The summed E-state index contributed by atoms with van der Waals surface area (Å²) in [6, 6.07) is 5.98. The first kappa shape index (κ1) is 12.2. The molecule has 18 heavy (non-hydrogen) atoms. The lowest BCUT2D eigenvalue weighted by Crippen LogP contribution is -2.24. The van der Waals surface area contributed by atoms with Gasteiger partial charge in [-0.05, 0) is 12.1 Å². The average Bonchev–Trinajstić information content (AvgIpc) is 2.64. The van der Waals surface area contributed by atoms with Crippen molar-refractivity contribution in [3.63, 3.8) is 0 Å². The highest BCUT2D eigenvalue weighted by Gasteiger charge is 2.30. The number of alkyl halides is 3. The Morgan fingerprint density at radius 3 is 2.67 bits per heavy atom. The Morgan fingerprint density at radius 1 is 1.33 bits per heavy atom. The number of carbonyl (C=O) groups is 1. The molecule has 0 atom stereocenters. The van der Waals surface area contributed by atoms with Gasteiger partial charge in [-0.25, -0.2) is 4.79 Å². The summed E-state index contributed by atoms with van der Waals surface area (Å²) in [4.78, 5) is 22.8. The minimum absolute atomic E-state index is 0.162. The number of nitrogens with zero attached hydrogens (tertiary/aromatic N) is 1. The smallest absolute Gasteiger partial charge is 0.433 e. The van der Waals surface area contributed by atoms with Crippen LogP contribution in [0.15, 0.2) is 29.1 Å². The Balaban J connectivity index is 2.31. The largest absolute Gasteiger partial charge is 0.438 e. The number of para-hydroxylation sites is 1. The van der Waals surface area contributed by atoms with Crippen molar-refractivity contribution in [3.8, 4) is 0 Å². The third-order valence-corrected chi connectivity index (χ3v) is 2.14. The summed E-state index contributed by atoms with van der Waals surface area (Å²) in [6.07, 6.45) is -5.90. The molecule has 0 amide bonds. The quantitative estimate of drug-likeness (QED) is 0.851. The van der Waals surface area contributed by atoms with Gasteiger partial charge in [-0.1, -0.05) is 12.1 Å². The van der Waals surface area contributed by atoms with Gasteiger partial charge in [-0.15, -0.1) is 0 Å². The fourth-order valence-electron chi connectivity index (χ4n) is 1.43. The van der Waals surface area contributed by atoms with Crippen LogP contribution in [0.1, 0.15) is 0 Å². The Kier molecular flexibility index (Phi) is 2.85. The van der Waals surface area contributed by atoms with Crippen molar-refractivity contribution in [3.05, 3.63) is 34.6 Å². The molecule has 1 aromatic heterocycles. The molecule has 0 bridgehead atoms. The van der Waals surface area contributed by atoms with E-state index in [4.69, 9.17) is 0 Å². The fourth-order valence-corrected chi connectivity index (χ4v) is 1.43. The number of benzene rings is 1. The van der Waals surface area contributed by atoms with Crippen LogP contribution in [0.5, 0.6) is 0 Å². The topological polar surface area (TPSA) is 64.1 Å². The molecule has 0 unspecified atom stereocenters. The number of rotatable bonds is 1. The maximum absolute atomic E-state index is 11.9. The zero-order valence-electron chi connectivity index (χ0n) is 8.82. The van der Waals surface area contributed by atoms with Crippen LogP contribution in [0.4, 0.5) is 18.0 Å². The maximum Gasteiger partial charge on any atom is 0.433 e. The average molecular weight is 260 g/mol. The molecular weight excluding hydrogens is 253 g/mol. The third-order valence-electron chi connectivity index (χ3n) is 2.14. The van der Waals surface area contributed by atoms with Crippen LogP contribution in [0.3, 0.4) is 0 Å². The van der Waals surface area contributed by atoms with Crippen LogP contribution in [0, 0.1) is 0 Å². The second kappa shape index (κ2) is 4.21. The lowest BCUT2D eigenvalue weighted by atomic mass is 10.2. The zero-order chi connectivity index (χ0) is 13.3. The number of aromatic amines is 1. The molecule has 1 heterocycles. The lowest BCUT2D eigenvalue weighted by Gasteiger charge is -2.08. The molecule has 0 saturated heterocycles. The van der Waals surface area contributed by atoms with Gasteiger partial charge in [0.05, 0.1) is 10.9 Å². The maximum atomic E-state index is 11.9. The summed E-state index contributed by atoms with van der Waals surface area (Å²) in [6.45, 7) is -1.71. The Hall–Kier alpha value is -2.25. The summed E-state index contributed by atoms with van der Waals surface area (Å²) in [7, 11) is 0. The Bertz CT molecular complexity index is 642. The first-order valence-electron chi connectivity index (χ1n) is 4.82. The Labute approximate surface area is 97.7 Å². The number of halogens is 3. The predicted octanol–water partition coefficient (Wildman–Crippen LogP) is 1.88. The minimum atomic E-state index is -4.61. The third kappa shape index (κ3) is 2.36. The van der Waals surface area contributed by atoms with Crippen LogP contribution in [-0.2, 0) is 4.74 Å². The summed E-state index contributed by atoms with van der Waals surface area (Å²) < 4.78 is 40.4. The number of fused-ring (bicyclic) bond motifs is 1. The van der Waals surface area contributed by atoms with Crippen LogP contribution >= 0.6 is 0 Å². The summed E-state index contributed by atoms with van der Waals surface area (Å²) in [5.41, 5.74) is -0.413. The molecule has 2 rings (SSSR count). The lowest BCUT2D eigenvalue weighted by molar-refractivity contribution is -0.160. The summed E-state index contributed by atoms with van der Waals surface area (Å²) in [5, 5.41) is 2.30. The number of hydrogen-bond donors (Lipinski definition) is 1. The van der Waals surface area contributed by atoms with E-state index >= 15 is 0 Å². The van der Waals surface area contributed by atoms with Gasteiger partial charge >= 0.3 is 12.3 Å². The first-order valence-corrected chi connectivity index (χ1v) is 4.82. The molecular formula is C10H7F3N2O3. The van der Waals surface area contributed by atoms with E-state index < -0.39 is 24.4 Å². The number of H-pyrrole nitrogens is 1. The Morgan fingerprint density at radius 2 is 2.00 bits per heavy atom. The van der Waals surface area contributed by atoms with Crippen LogP contribution in [0.25, 0.3) is 10.9 Å². The van der Waals surface area contributed by atoms with E-state index in [9.17, 15) is 22.8 Å². The van der Waals surface area contributed by atoms with E-state index in [-0.39, 0.29) is 10.9 Å². The standard InChI is InChI=1S/C10H7F3N2O3/c11-10(12,13)5-18-9(17)15-7-4-2-1-3-6(7)8(16)14-15/h1-4H,5H2,(H,14,16). The highest BCUT2D eigenvalue weighted by Crippen LogP contribution is 2.15. The molecule has 0 spiro atoms. The van der Waals surface area contributed by atoms with Crippen LogP contribution in [-0.4, -0.2) is 28.7 Å². The molecule has 2 aromatic rings. The molecule has 0 radical (unpaired) electrons. The molecule has 1 N–H and O–H groups in total. The fraction of sp³-hybridized carbons (Fsp3) is 0.200. The molecule has 0 aliphatic carbocycles. The van der Waals surface area contributed by atoms with E-state index in [1.165, 1.54) is 12.1 Å². The second-order valence-electron chi connectivity index (χ2n) is 3.46. The molecule has 96 valence electrons. The highest BCUT2D eigenvalue weighted by atomic mass is 19.4. The van der Waals surface area contributed by atoms with E-state index in [2.05, 4.69) is 9.84 Å². The molecule has 0 fully saturated rings. The van der Waals surface area contributed by atoms with Crippen molar-refractivity contribution < 1.29 is 22.7 Å². The number of ether oxygens (including phenoxy) is 1. The minimum Gasteiger partial charge on any atom is -0.438 e. The van der Waals surface area contributed by atoms with Crippen LogP contribution in [0.2, 0.25) is 0 Å². The van der Waals surface area contributed by atoms with Gasteiger partial charge in [-0.2, -0.15) is 17.9 Å². The molecule has 0 saturated carbocycles. The molecule has 0 aliphatic heterocycles. The number of aromatic nitrogens is 2. The van der Waals surface area contributed by atoms with E-state index in [0.717, 1.165) is 0 Å². The zero-order valence-corrected chi connectivity index (χ0v) is 8.82. The summed E-state index contributed by atoms with van der Waals surface area (Å²) >= 11 is 0. The van der Waals surface area contributed by atoms with Crippen molar-refractivity contribution in [2.75, 3.05) is 6.61 Å². The van der Waals surface area contributed by atoms with Crippen molar-refractivity contribution in [2.24, 2.45) is 0 Å². The van der Waals surface area contributed by atoms with Gasteiger partial charge in [0.25, 0.3) is 5.56 Å². The van der Waals surface area contributed by atoms with Gasteiger partial charge in [0.15, 0.2) is 6.61 Å². The SMILES string of the molecule is O=C(OCC(F)(F)F)n1[nH]c(=O)c2ccccc21. The normalized spacial score (nSPS) is 11.7. The van der Waals surface area contributed by atoms with Gasteiger partial charge in [0, 0.05) is 0 Å². The van der Waals surface area contributed by atoms with Gasteiger partial charge < -0.3 is 4.74 Å². The van der Waals surface area contributed by atoms with Crippen molar-refractivity contribution in [1.82, 2.24) is 9.78 Å². The van der Waals surface area contributed by atoms with Gasteiger partial charge in [-0.3, -0.25) is 9.89 Å². The molecule has 0 aliphatic rings. The van der Waals surface area contributed by atoms with Gasteiger partial charge in [0.1, 0.15) is 0 Å². The van der Waals surface area contributed by atoms with Crippen molar-refractivity contribution >= 4 is 17.0 Å². The molecule has 1 aromatic carbocycles. The highest BCUT2D eigenvalue weighted by molar-refractivity contribution is 5.87. The van der Waals surface area contributed by atoms with E-state index in [1.807, 2.05) is 0 Å². The monoisotopic (exact) mass is 260 g/mol. The van der Waals surface area contributed by atoms with Crippen molar-refractivity contribution in [2.45, 2.75) is 6.18 Å². The molecule has 5 nitrogen and oxygen atoms in total. The van der Waals surface area contributed by atoms with Crippen LogP contribution < -0.4 is 5.56 Å². The van der Waals surface area contributed by atoms with Crippen molar-refractivity contribution in [1.29, 1.82) is 0 Å². The molecule has 8 heteroatoms. The predicted molar refractivity (Wildman–Crippen MR) is 55.4 cm³/mol. The number of nitrogens with one attached hydrogen (secondary N) is 1. The van der Waals surface area contributed by atoms with Gasteiger partial charge in [0.2, 0.25) is 0 Å². The summed E-state index contributed by atoms with van der Waals surface area (Å²) in [5.74, 6) is 0. The number of hydrogen-bond acceptors (Lipinski definition) is 3. The van der Waals surface area contributed by atoms with E-state index in [0.29, 0.717) is 4.68 Å².